The topological polar surface area (TPSA) is 47.6 Å². The number of ether oxygens (including phenoxy) is 2. The summed E-state index contributed by atoms with van der Waals surface area (Å²) in [4.78, 5) is 12.4. The number of benzene rings is 2. The first-order valence-electron chi connectivity index (χ1n) is 7.78. The lowest BCUT2D eigenvalue weighted by molar-refractivity contribution is -0.122. The molecule has 23 heavy (non-hydrogen) atoms. The van der Waals surface area contributed by atoms with Crippen molar-refractivity contribution in [3.05, 3.63) is 53.6 Å². The normalized spacial score (nSPS) is 11.7. The largest absolute Gasteiger partial charge is 0.492 e. The number of rotatable bonds is 6. The Labute approximate surface area is 137 Å². The number of nitrogens with one attached hydrogen (secondary N) is 1. The number of hydrogen-bond donors (Lipinski definition) is 1. The van der Waals surface area contributed by atoms with Crippen LogP contribution in [0.1, 0.15) is 25.0 Å². The fourth-order valence-corrected chi connectivity index (χ4v) is 2.26. The fourth-order valence-electron chi connectivity index (χ4n) is 2.26. The molecule has 122 valence electrons. The van der Waals surface area contributed by atoms with Gasteiger partial charge in [-0.1, -0.05) is 29.8 Å². The van der Waals surface area contributed by atoms with Crippen LogP contribution < -0.4 is 14.8 Å². The standard InChI is InChI=1S/C19H23NO3/c1-5-22-18-9-7-6-8-16(18)20-19(21)15(4)23-17-11-10-13(2)12-14(17)3/h6-12,15H,5H2,1-4H3,(H,20,21). The summed E-state index contributed by atoms with van der Waals surface area (Å²) >= 11 is 0. The molecule has 0 aliphatic rings. The number of para-hydroxylation sites is 2. The molecule has 0 saturated heterocycles. The van der Waals surface area contributed by atoms with Crippen molar-refractivity contribution in [3.63, 3.8) is 0 Å². The lowest BCUT2D eigenvalue weighted by atomic mass is 10.1. The van der Waals surface area contributed by atoms with Gasteiger partial charge in [-0.15, -0.1) is 0 Å². The van der Waals surface area contributed by atoms with Crippen molar-refractivity contribution >= 4 is 11.6 Å². The Kier molecular flexibility index (Phi) is 5.63. The van der Waals surface area contributed by atoms with Crippen LogP contribution in [0.15, 0.2) is 42.5 Å². The highest BCUT2D eigenvalue weighted by Crippen LogP contribution is 2.25. The highest BCUT2D eigenvalue weighted by molar-refractivity contribution is 5.95. The van der Waals surface area contributed by atoms with Gasteiger partial charge in [0, 0.05) is 0 Å². The van der Waals surface area contributed by atoms with Crippen molar-refractivity contribution in [1.82, 2.24) is 0 Å². The molecule has 0 aliphatic carbocycles. The third-order valence-electron chi connectivity index (χ3n) is 3.45. The molecule has 4 heteroatoms. The van der Waals surface area contributed by atoms with Crippen molar-refractivity contribution in [2.24, 2.45) is 0 Å². The van der Waals surface area contributed by atoms with Crippen LogP contribution in [-0.2, 0) is 4.79 Å². The van der Waals surface area contributed by atoms with Crippen molar-refractivity contribution < 1.29 is 14.3 Å². The number of carbonyl (C=O) groups excluding carboxylic acids is 1. The van der Waals surface area contributed by atoms with Gasteiger partial charge in [0.15, 0.2) is 6.10 Å². The average molecular weight is 313 g/mol. The van der Waals surface area contributed by atoms with E-state index in [-0.39, 0.29) is 5.91 Å². The van der Waals surface area contributed by atoms with Gasteiger partial charge in [0.1, 0.15) is 11.5 Å². The minimum Gasteiger partial charge on any atom is -0.492 e. The monoisotopic (exact) mass is 313 g/mol. The van der Waals surface area contributed by atoms with Gasteiger partial charge in [-0.25, -0.2) is 0 Å². The Balaban J connectivity index is 2.05. The Morgan fingerprint density at radius 3 is 2.57 bits per heavy atom. The third kappa shape index (κ3) is 4.49. The first-order valence-corrected chi connectivity index (χ1v) is 7.78. The SMILES string of the molecule is CCOc1ccccc1NC(=O)C(C)Oc1ccc(C)cc1C. The van der Waals surface area contributed by atoms with E-state index in [2.05, 4.69) is 5.32 Å². The summed E-state index contributed by atoms with van der Waals surface area (Å²) in [5.74, 6) is 1.16. The van der Waals surface area contributed by atoms with E-state index in [4.69, 9.17) is 9.47 Å². The number of carbonyl (C=O) groups is 1. The zero-order valence-electron chi connectivity index (χ0n) is 14.1. The molecule has 0 aliphatic heterocycles. The Bertz CT molecular complexity index is 682. The summed E-state index contributed by atoms with van der Waals surface area (Å²) < 4.78 is 11.3. The lowest BCUT2D eigenvalue weighted by Gasteiger charge is -2.17. The van der Waals surface area contributed by atoms with Crippen LogP contribution in [-0.4, -0.2) is 18.6 Å². The first kappa shape index (κ1) is 16.9. The highest BCUT2D eigenvalue weighted by atomic mass is 16.5. The molecule has 1 N–H and O–H groups in total. The maximum Gasteiger partial charge on any atom is 0.265 e. The molecule has 4 nitrogen and oxygen atoms in total. The Hall–Kier alpha value is -2.49. The van der Waals surface area contributed by atoms with Crippen molar-refractivity contribution in [2.75, 3.05) is 11.9 Å². The van der Waals surface area contributed by atoms with Crippen LogP contribution in [0.25, 0.3) is 0 Å². The first-order chi connectivity index (χ1) is 11.0. The quantitative estimate of drug-likeness (QED) is 0.873. The molecule has 2 rings (SSSR count). The lowest BCUT2D eigenvalue weighted by Crippen LogP contribution is -2.30. The van der Waals surface area contributed by atoms with Gasteiger partial charge in [0.05, 0.1) is 12.3 Å². The van der Waals surface area contributed by atoms with Gasteiger partial charge in [0.2, 0.25) is 0 Å². The molecule has 0 saturated carbocycles. The van der Waals surface area contributed by atoms with E-state index in [1.165, 1.54) is 0 Å². The Morgan fingerprint density at radius 1 is 1.13 bits per heavy atom. The molecule has 2 aromatic rings. The van der Waals surface area contributed by atoms with E-state index in [9.17, 15) is 4.79 Å². The van der Waals surface area contributed by atoms with E-state index in [0.29, 0.717) is 18.0 Å². The predicted molar refractivity (Wildman–Crippen MR) is 92.2 cm³/mol. The minimum absolute atomic E-state index is 0.211. The molecule has 0 spiro atoms. The summed E-state index contributed by atoms with van der Waals surface area (Å²) in [6.07, 6.45) is -0.605. The van der Waals surface area contributed by atoms with Crippen LogP contribution >= 0.6 is 0 Å². The minimum atomic E-state index is -0.605. The van der Waals surface area contributed by atoms with Gasteiger partial charge < -0.3 is 14.8 Å². The molecule has 1 amide bonds. The zero-order valence-corrected chi connectivity index (χ0v) is 14.1. The van der Waals surface area contributed by atoms with Gasteiger partial charge in [-0.2, -0.15) is 0 Å². The van der Waals surface area contributed by atoms with Crippen molar-refractivity contribution in [2.45, 2.75) is 33.8 Å². The Morgan fingerprint density at radius 2 is 1.87 bits per heavy atom. The number of amides is 1. The number of anilines is 1. The fraction of sp³-hybridized carbons (Fsp3) is 0.316. The average Bonchev–Trinajstić information content (AvgIpc) is 2.52. The molecule has 2 aromatic carbocycles. The van der Waals surface area contributed by atoms with Crippen LogP contribution in [0.5, 0.6) is 11.5 Å². The molecule has 0 bridgehead atoms. The van der Waals surface area contributed by atoms with Gasteiger partial charge in [-0.05, 0) is 51.5 Å². The zero-order chi connectivity index (χ0) is 16.8. The second kappa shape index (κ2) is 7.68. The second-order valence-corrected chi connectivity index (χ2v) is 5.45. The smallest absolute Gasteiger partial charge is 0.265 e. The van der Waals surface area contributed by atoms with E-state index in [1.54, 1.807) is 6.92 Å². The van der Waals surface area contributed by atoms with Crippen LogP contribution in [0.2, 0.25) is 0 Å². The molecule has 1 unspecified atom stereocenters. The molecule has 1 atom stereocenters. The predicted octanol–water partition coefficient (Wildman–Crippen LogP) is 4.11. The van der Waals surface area contributed by atoms with Gasteiger partial charge in [0.25, 0.3) is 5.91 Å². The molecule has 0 heterocycles. The molecule has 0 radical (unpaired) electrons. The summed E-state index contributed by atoms with van der Waals surface area (Å²) in [7, 11) is 0. The number of hydrogen-bond acceptors (Lipinski definition) is 3. The second-order valence-electron chi connectivity index (χ2n) is 5.45. The van der Waals surface area contributed by atoms with Crippen LogP contribution in [0, 0.1) is 13.8 Å². The molecular weight excluding hydrogens is 290 g/mol. The summed E-state index contributed by atoms with van der Waals surface area (Å²) in [6, 6.07) is 13.3. The van der Waals surface area contributed by atoms with E-state index < -0.39 is 6.10 Å². The third-order valence-corrected chi connectivity index (χ3v) is 3.45. The summed E-state index contributed by atoms with van der Waals surface area (Å²) in [5, 5.41) is 2.86. The molecular formula is C19H23NO3. The number of aryl methyl sites for hydroxylation is 2. The van der Waals surface area contributed by atoms with Crippen LogP contribution in [0.4, 0.5) is 5.69 Å². The van der Waals surface area contributed by atoms with Crippen molar-refractivity contribution in [3.8, 4) is 11.5 Å². The van der Waals surface area contributed by atoms with E-state index in [0.717, 1.165) is 16.9 Å². The molecule has 0 aromatic heterocycles. The van der Waals surface area contributed by atoms with E-state index >= 15 is 0 Å². The molecule has 0 fully saturated rings. The van der Waals surface area contributed by atoms with E-state index in [1.807, 2.05) is 63.2 Å². The highest BCUT2D eigenvalue weighted by Gasteiger charge is 2.17. The summed E-state index contributed by atoms with van der Waals surface area (Å²) in [5.41, 5.74) is 2.83. The van der Waals surface area contributed by atoms with Crippen molar-refractivity contribution in [1.29, 1.82) is 0 Å². The van der Waals surface area contributed by atoms with Gasteiger partial charge in [-0.3, -0.25) is 4.79 Å². The summed E-state index contributed by atoms with van der Waals surface area (Å²) in [6.45, 7) is 8.18. The maximum absolute atomic E-state index is 12.4. The van der Waals surface area contributed by atoms with Crippen LogP contribution in [0.3, 0.4) is 0 Å². The maximum atomic E-state index is 12.4. The van der Waals surface area contributed by atoms with Gasteiger partial charge >= 0.3 is 0 Å².